The lowest BCUT2D eigenvalue weighted by molar-refractivity contribution is 0.374. The first kappa shape index (κ1) is 16.0. The van der Waals surface area contributed by atoms with Crippen LogP contribution in [-0.2, 0) is 10.0 Å². The monoisotopic (exact) mass is 301 g/mol. The van der Waals surface area contributed by atoms with E-state index in [1.807, 2.05) is 13.8 Å². The number of hydrogen-bond donors (Lipinski definition) is 1. The second-order valence-electron chi connectivity index (χ2n) is 4.66. The van der Waals surface area contributed by atoms with Crippen LogP contribution in [0, 0.1) is 5.92 Å². The summed E-state index contributed by atoms with van der Waals surface area (Å²) in [7, 11) is -3.54. The molecule has 7 heteroatoms. The summed E-state index contributed by atoms with van der Waals surface area (Å²) >= 11 is 4.81. The highest BCUT2D eigenvalue weighted by atomic mass is 32.2. The van der Waals surface area contributed by atoms with E-state index < -0.39 is 10.0 Å². The van der Waals surface area contributed by atoms with Crippen LogP contribution in [0.4, 0.5) is 0 Å². The Bertz CT molecular complexity index is 515. The van der Waals surface area contributed by atoms with Gasteiger partial charge < -0.3 is 5.73 Å². The molecule has 0 aromatic carbocycles. The standard InChI is InChI=1S/C12H19N3O2S2/c1-10(2)9-15(7-5-12(13)18)19(16,17)11-4-3-6-14-8-11/h3-4,6,8,10H,5,7,9H2,1-2H3,(H2,13,18). The Morgan fingerprint density at radius 1 is 1.53 bits per heavy atom. The van der Waals surface area contributed by atoms with E-state index in [1.165, 1.54) is 16.6 Å². The molecule has 0 aliphatic heterocycles. The SMILES string of the molecule is CC(C)CN(CCC(N)=S)S(=O)(=O)c1cccnc1. The summed E-state index contributed by atoms with van der Waals surface area (Å²) in [4.78, 5) is 4.36. The lowest BCUT2D eigenvalue weighted by Crippen LogP contribution is -2.36. The van der Waals surface area contributed by atoms with Crippen molar-refractivity contribution in [2.45, 2.75) is 25.2 Å². The molecule has 0 amide bonds. The number of thiocarbonyl (C=S) groups is 1. The molecule has 106 valence electrons. The summed E-state index contributed by atoms with van der Waals surface area (Å²) in [6.07, 6.45) is 3.27. The van der Waals surface area contributed by atoms with Crippen LogP contribution in [0.3, 0.4) is 0 Å². The second-order valence-corrected chi connectivity index (χ2v) is 7.12. The summed E-state index contributed by atoms with van der Waals surface area (Å²) in [6.45, 7) is 4.66. The number of nitrogens with zero attached hydrogens (tertiary/aromatic N) is 2. The molecular formula is C12H19N3O2S2. The van der Waals surface area contributed by atoms with Gasteiger partial charge in [-0.2, -0.15) is 4.31 Å². The van der Waals surface area contributed by atoms with Crippen molar-refractivity contribution < 1.29 is 8.42 Å². The molecule has 2 N–H and O–H groups in total. The van der Waals surface area contributed by atoms with Gasteiger partial charge in [-0.1, -0.05) is 26.1 Å². The third-order valence-electron chi connectivity index (χ3n) is 2.45. The van der Waals surface area contributed by atoms with Gasteiger partial charge in [0.2, 0.25) is 10.0 Å². The molecular weight excluding hydrogens is 282 g/mol. The fraction of sp³-hybridized carbons (Fsp3) is 0.500. The lowest BCUT2D eigenvalue weighted by Gasteiger charge is -2.23. The Hall–Kier alpha value is -1.05. The summed E-state index contributed by atoms with van der Waals surface area (Å²) in [5.74, 6) is 0.220. The third-order valence-corrected chi connectivity index (χ3v) is 4.50. The predicted molar refractivity (Wildman–Crippen MR) is 79.2 cm³/mol. The molecule has 0 radical (unpaired) electrons. The molecule has 0 aliphatic rings. The van der Waals surface area contributed by atoms with Gasteiger partial charge >= 0.3 is 0 Å². The first-order chi connectivity index (χ1) is 8.84. The maximum Gasteiger partial charge on any atom is 0.244 e. The highest BCUT2D eigenvalue weighted by Crippen LogP contribution is 2.16. The summed E-state index contributed by atoms with van der Waals surface area (Å²) in [5, 5.41) is 0. The average Bonchev–Trinajstić information content (AvgIpc) is 2.34. The van der Waals surface area contributed by atoms with E-state index >= 15 is 0 Å². The van der Waals surface area contributed by atoms with E-state index in [0.29, 0.717) is 24.5 Å². The Morgan fingerprint density at radius 2 is 2.21 bits per heavy atom. The smallest absolute Gasteiger partial charge is 0.244 e. The van der Waals surface area contributed by atoms with Crippen molar-refractivity contribution in [2.75, 3.05) is 13.1 Å². The molecule has 0 aliphatic carbocycles. The average molecular weight is 301 g/mol. The molecule has 0 fully saturated rings. The van der Waals surface area contributed by atoms with Gasteiger partial charge in [-0.15, -0.1) is 0 Å². The number of sulfonamides is 1. The minimum Gasteiger partial charge on any atom is -0.393 e. The summed E-state index contributed by atoms with van der Waals surface area (Å²) < 4.78 is 26.4. The summed E-state index contributed by atoms with van der Waals surface area (Å²) in [6, 6.07) is 3.14. The number of rotatable bonds is 7. The first-order valence-electron chi connectivity index (χ1n) is 6.02. The molecule has 1 aromatic heterocycles. The largest absolute Gasteiger partial charge is 0.393 e. The zero-order valence-corrected chi connectivity index (χ0v) is 12.7. The Labute approximate surface area is 119 Å². The van der Waals surface area contributed by atoms with Gasteiger partial charge in [0.15, 0.2) is 0 Å². The van der Waals surface area contributed by atoms with Gasteiger partial charge in [-0.25, -0.2) is 8.42 Å². The van der Waals surface area contributed by atoms with Gasteiger partial charge in [0.1, 0.15) is 4.90 Å². The van der Waals surface area contributed by atoms with E-state index in [0.717, 1.165) is 0 Å². The van der Waals surface area contributed by atoms with Crippen LogP contribution in [0.2, 0.25) is 0 Å². The van der Waals surface area contributed by atoms with Crippen LogP contribution in [-0.4, -0.2) is 35.8 Å². The van der Waals surface area contributed by atoms with Crippen molar-refractivity contribution in [3.63, 3.8) is 0 Å². The van der Waals surface area contributed by atoms with Crippen LogP contribution in [0.5, 0.6) is 0 Å². The first-order valence-corrected chi connectivity index (χ1v) is 7.87. The van der Waals surface area contributed by atoms with Crippen LogP contribution in [0.25, 0.3) is 0 Å². The van der Waals surface area contributed by atoms with Crippen molar-refractivity contribution in [1.82, 2.24) is 9.29 Å². The highest BCUT2D eigenvalue weighted by molar-refractivity contribution is 7.89. The van der Waals surface area contributed by atoms with Crippen LogP contribution < -0.4 is 5.73 Å². The maximum absolute atomic E-state index is 12.5. The zero-order chi connectivity index (χ0) is 14.5. The van der Waals surface area contributed by atoms with Gasteiger partial charge in [-0.3, -0.25) is 4.98 Å². The van der Waals surface area contributed by atoms with Crippen molar-refractivity contribution in [1.29, 1.82) is 0 Å². The molecule has 0 bridgehead atoms. The second kappa shape index (κ2) is 6.93. The number of pyridine rings is 1. The maximum atomic E-state index is 12.5. The molecule has 19 heavy (non-hydrogen) atoms. The quantitative estimate of drug-likeness (QED) is 0.771. The fourth-order valence-corrected chi connectivity index (χ4v) is 3.26. The third kappa shape index (κ3) is 4.85. The summed E-state index contributed by atoms with van der Waals surface area (Å²) in [5.41, 5.74) is 5.45. The number of hydrogen-bond acceptors (Lipinski definition) is 4. The van der Waals surface area contributed by atoms with E-state index in [2.05, 4.69) is 4.98 Å². The van der Waals surface area contributed by atoms with Crippen LogP contribution in [0.15, 0.2) is 29.4 Å². The molecule has 0 spiro atoms. The van der Waals surface area contributed by atoms with Crippen LogP contribution in [0.1, 0.15) is 20.3 Å². The van der Waals surface area contributed by atoms with Crippen molar-refractivity contribution in [3.05, 3.63) is 24.5 Å². The van der Waals surface area contributed by atoms with E-state index in [1.54, 1.807) is 12.3 Å². The zero-order valence-electron chi connectivity index (χ0n) is 11.1. The highest BCUT2D eigenvalue weighted by Gasteiger charge is 2.25. The molecule has 5 nitrogen and oxygen atoms in total. The predicted octanol–water partition coefficient (Wildman–Crippen LogP) is 1.40. The van der Waals surface area contributed by atoms with E-state index in [9.17, 15) is 8.42 Å². The Morgan fingerprint density at radius 3 is 2.68 bits per heavy atom. The molecule has 1 heterocycles. The van der Waals surface area contributed by atoms with Gasteiger partial charge in [0.05, 0.1) is 4.99 Å². The van der Waals surface area contributed by atoms with Gasteiger partial charge in [0.25, 0.3) is 0 Å². The molecule has 0 saturated carbocycles. The van der Waals surface area contributed by atoms with E-state index in [4.69, 9.17) is 18.0 Å². The fourth-order valence-electron chi connectivity index (χ4n) is 1.60. The Kier molecular flexibility index (Phi) is 5.84. The van der Waals surface area contributed by atoms with Crippen molar-refractivity contribution in [2.24, 2.45) is 11.7 Å². The minimum atomic E-state index is -3.54. The number of aromatic nitrogens is 1. The molecule has 0 saturated heterocycles. The molecule has 0 unspecified atom stereocenters. The Balaban J connectivity index is 2.98. The lowest BCUT2D eigenvalue weighted by atomic mass is 10.2. The minimum absolute atomic E-state index is 0.193. The normalized spacial score (nSPS) is 12.0. The van der Waals surface area contributed by atoms with Gasteiger partial charge in [-0.05, 0) is 18.1 Å². The molecule has 1 rings (SSSR count). The van der Waals surface area contributed by atoms with Crippen molar-refractivity contribution in [3.8, 4) is 0 Å². The van der Waals surface area contributed by atoms with Gasteiger partial charge in [0, 0.05) is 31.9 Å². The topological polar surface area (TPSA) is 76.3 Å². The van der Waals surface area contributed by atoms with Crippen molar-refractivity contribution >= 4 is 27.2 Å². The molecule has 0 atom stereocenters. The van der Waals surface area contributed by atoms with Crippen LogP contribution >= 0.6 is 12.2 Å². The number of nitrogens with two attached hydrogens (primary N) is 1. The van der Waals surface area contributed by atoms with E-state index in [-0.39, 0.29) is 10.8 Å². The molecule has 1 aromatic rings.